The van der Waals surface area contributed by atoms with Gasteiger partial charge in [-0.25, -0.2) is 9.59 Å². The standard InChI is InChI=1S/C38H32O7/c1-42-36(39)22-27-10-8-15-31(20-27)32-16-9-17-35(23-32)43-24-28-18-19-33(25-44-37(40)29-11-4-2-5-12-29)34(21-28)26-45-38(41)30-13-6-3-7-14-30/h2-21,23H,22,24-26H2,1H3. The zero-order chi connectivity index (χ0) is 31.4. The fourth-order valence-electron chi connectivity index (χ4n) is 4.68. The summed E-state index contributed by atoms with van der Waals surface area (Å²) in [4.78, 5) is 37.0. The molecule has 0 bridgehead atoms. The van der Waals surface area contributed by atoms with Crippen LogP contribution in [0.5, 0.6) is 5.75 Å². The van der Waals surface area contributed by atoms with E-state index in [2.05, 4.69) is 0 Å². The van der Waals surface area contributed by atoms with Crippen LogP contribution in [0.15, 0.2) is 127 Å². The highest BCUT2D eigenvalue weighted by molar-refractivity contribution is 5.89. The molecule has 7 heteroatoms. The van der Waals surface area contributed by atoms with E-state index in [0.717, 1.165) is 27.8 Å². The number of hydrogen-bond donors (Lipinski definition) is 0. The fourth-order valence-corrected chi connectivity index (χ4v) is 4.68. The number of hydrogen-bond acceptors (Lipinski definition) is 7. The topological polar surface area (TPSA) is 88.1 Å². The summed E-state index contributed by atoms with van der Waals surface area (Å²) in [6.07, 6.45) is 0.199. The number of rotatable bonds is 12. The highest BCUT2D eigenvalue weighted by Crippen LogP contribution is 2.26. The number of methoxy groups -OCH3 is 1. The Kier molecular flexibility index (Phi) is 10.4. The summed E-state index contributed by atoms with van der Waals surface area (Å²) in [6.45, 7) is 0.275. The second-order valence-electron chi connectivity index (χ2n) is 10.3. The minimum absolute atomic E-state index is 0.00279. The second-order valence-corrected chi connectivity index (χ2v) is 10.3. The summed E-state index contributed by atoms with van der Waals surface area (Å²) in [5.41, 5.74) is 5.95. The van der Waals surface area contributed by atoms with E-state index in [-0.39, 0.29) is 32.2 Å². The highest BCUT2D eigenvalue weighted by atomic mass is 16.5. The van der Waals surface area contributed by atoms with Gasteiger partial charge in [-0.3, -0.25) is 4.79 Å². The lowest BCUT2D eigenvalue weighted by Crippen LogP contribution is -2.10. The van der Waals surface area contributed by atoms with Gasteiger partial charge >= 0.3 is 17.9 Å². The molecule has 7 nitrogen and oxygen atoms in total. The predicted octanol–water partition coefficient (Wildman–Crippen LogP) is 7.36. The Bertz CT molecular complexity index is 1760. The Balaban J connectivity index is 1.29. The molecule has 0 N–H and O–H groups in total. The largest absolute Gasteiger partial charge is 0.489 e. The van der Waals surface area contributed by atoms with Crippen LogP contribution in [0, 0.1) is 0 Å². The molecule has 45 heavy (non-hydrogen) atoms. The fraction of sp³-hybridized carbons (Fsp3) is 0.132. The van der Waals surface area contributed by atoms with Gasteiger partial charge in [0.1, 0.15) is 25.6 Å². The van der Waals surface area contributed by atoms with Crippen LogP contribution in [0.2, 0.25) is 0 Å². The molecule has 0 radical (unpaired) electrons. The number of carbonyl (C=O) groups is 3. The van der Waals surface area contributed by atoms with Crippen LogP contribution >= 0.6 is 0 Å². The molecule has 0 unspecified atom stereocenters. The van der Waals surface area contributed by atoms with Gasteiger partial charge in [-0.15, -0.1) is 0 Å². The van der Waals surface area contributed by atoms with E-state index in [1.54, 1.807) is 48.5 Å². The molecule has 0 aliphatic rings. The van der Waals surface area contributed by atoms with Crippen LogP contribution in [0.25, 0.3) is 11.1 Å². The van der Waals surface area contributed by atoms with Gasteiger partial charge < -0.3 is 18.9 Å². The Hall–Kier alpha value is -5.69. The summed E-state index contributed by atoms with van der Waals surface area (Å²) in [5.74, 6) is -0.509. The molecule has 0 aliphatic heterocycles. The number of ether oxygens (including phenoxy) is 4. The lowest BCUT2D eigenvalue weighted by atomic mass is 10.0. The Morgan fingerprint density at radius 1 is 0.533 bits per heavy atom. The van der Waals surface area contributed by atoms with Crippen molar-refractivity contribution in [2.24, 2.45) is 0 Å². The first kappa shape index (κ1) is 30.8. The van der Waals surface area contributed by atoms with Crippen molar-refractivity contribution >= 4 is 17.9 Å². The van der Waals surface area contributed by atoms with Gasteiger partial charge in [0.15, 0.2) is 0 Å². The van der Waals surface area contributed by atoms with E-state index in [4.69, 9.17) is 18.9 Å². The quantitative estimate of drug-likeness (QED) is 0.109. The summed E-state index contributed by atoms with van der Waals surface area (Å²) in [5, 5.41) is 0. The minimum atomic E-state index is -0.447. The van der Waals surface area contributed by atoms with Gasteiger partial charge in [-0.05, 0) is 75.8 Å². The van der Waals surface area contributed by atoms with Crippen LogP contribution in [0.3, 0.4) is 0 Å². The van der Waals surface area contributed by atoms with Crippen molar-refractivity contribution in [3.8, 4) is 16.9 Å². The van der Waals surface area contributed by atoms with E-state index in [1.165, 1.54) is 7.11 Å². The van der Waals surface area contributed by atoms with E-state index in [1.807, 2.05) is 78.9 Å². The van der Waals surface area contributed by atoms with E-state index < -0.39 is 11.9 Å². The summed E-state index contributed by atoms with van der Waals surface area (Å²) < 4.78 is 22.1. The SMILES string of the molecule is COC(=O)Cc1cccc(-c2cccc(OCc3ccc(COC(=O)c4ccccc4)c(COC(=O)c4ccccc4)c3)c2)c1. The Morgan fingerprint density at radius 2 is 1.13 bits per heavy atom. The second kappa shape index (κ2) is 15.2. The maximum Gasteiger partial charge on any atom is 0.338 e. The number of carbonyl (C=O) groups excluding carboxylic acids is 3. The molecule has 226 valence electrons. The van der Waals surface area contributed by atoms with Gasteiger partial charge in [-0.1, -0.05) is 84.9 Å². The average molecular weight is 601 g/mol. The molecule has 0 aliphatic carbocycles. The highest BCUT2D eigenvalue weighted by Gasteiger charge is 2.13. The summed E-state index contributed by atoms with van der Waals surface area (Å²) >= 11 is 0. The maximum absolute atomic E-state index is 12.7. The molecule has 0 atom stereocenters. The molecule has 0 spiro atoms. The third-order valence-electron chi connectivity index (χ3n) is 7.08. The first-order valence-corrected chi connectivity index (χ1v) is 14.4. The molecule has 0 heterocycles. The third-order valence-corrected chi connectivity index (χ3v) is 7.08. The van der Waals surface area contributed by atoms with Gasteiger partial charge in [0.05, 0.1) is 24.7 Å². The van der Waals surface area contributed by atoms with Crippen molar-refractivity contribution in [3.63, 3.8) is 0 Å². The molecule has 5 rings (SSSR count). The zero-order valence-electron chi connectivity index (χ0n) is 24.8. The summed E-state index contributed by atoms with van der Waals surface area (Å²) in [7, 11) is 1.38. The van der Waals surface area contributed by atoms with Crippen LogP contribution in [0.4, 0.5) is 0 Å². The molecule has 5 aromatic rings. The van der Waals surface area contributed by atoms with Crippen LogP contribution in [-0.2, 0) is 45.2 Å². The van der Waals surface area contributed by atoms with Crippen molar-refractivity contribution in [1.29, 1.82) is 0 Å². The number of benzene rings is 5. The minimum Gasteiger partial charge on any atom is -0.489 e. The van der Waals surface area contributed by atoms with Crippen LogP contribution in [-0.4, -0.2) is 25.0 Å². The molecule has 5 aromatic carbocycles. The van der Waals surface area contributed by atoms with Crippen molar-refractivity contribution in [2.45, 2.75) is 26.2 Å². The first-order valence-electron chi connectivity index (χ1n) is 14.4. The molecular formula is C38H32O7. The molecule has 0 saturated carbocycles. The predicted molar refractivity (Wildman–Crippen MR) is 169 cm³/mol. The van der Waals surface area contributed by atoms with Crippen molar-refractivity contribution in [2.75, 3.05) is 7.11 Å². The van der Waals surface area contributed by atoms with Gasteiger partial charge in [0, 0.05) is 0 Å². The van der Waals surface area contributed by atoms with Crippen molar-refractivity contribution in [1.82, 2.24) is 0 Å². The Labute approximate surface area is 262 Å². The smallest absolute Gasteiger partial charge is 0.338 e. The third kappa shape index (κ3) is 8.67. The van der Waals surface area contributed by atoms with E-state index in [9.17, 15) is 14.4 Å². The maximum atomic E-state index is 12.7. The monoisotopic (exact) mass is 600 g/mol. The lowest BCUT2D eigenvalue weighted by Gasteiger charge is -2.14. The first-order chi connectivity index (χ1) is 22.0. The summed E-state index contributed by atoms with van der Waals surface area (Å²) in [6, 6.07) is 38.6. The zero-order valence-corrected chi connectivity index (χ0v) is 24.8. The van der Waals surface area contributed by atoms with E-state index >= 15 is 0 Å². The lowest BCUT2D eigenvalue weighted by molar-refractivity contribution is -0.139. The average Bonchev–Trinajstić information content (AvgIpc) is 3.10. The van der Waals surface area contributed by atoms with Crippen LogP contribution in [0.1, 0.15) is 43.0 Å². The molecular weight excluding hydrogens is 568 g/mol. The molecule has 0 saturated heterocycles. The normalized spacial score (nSPS) is 10.5. The molecule has 0 fully saturated rings. The Morgan fingerprint density at radius 3 is 1.78 bits per heavy atom. The molecule has 0 amide bonds. The van der Waals surface area contributed by atoms with Crippen molar-refractivity contribution in [3.05, 3.63) is 161 Å². The van der Waals surface area contributed by atoms with Crippen LogP contribution < -0.4 is 4.74 Å². The molecule has 0 aromatic heterocycles. The van der Waals surface area contributed by atoms with Gasteiger partial charge in [0.2, 0.25) is 0 Å². The van der Waals surface area contributed by atoms with Gasteiger partial charge in [0.25, 0.3) is 0 Å². The van der Waals surface area contributed by atoms with Gasteiger partial charge in [-0.2, -0.15) is 0 Å². The number of esters is 3. The van der Waals surface area contributed by atoms with Crippen molar-refractivity contribution < 1.29 is 33.3 Å². The van der Waals surface area contributed by atoms with E-state index in [0.29, 0.717) is 22.4 Å².